The van der Waals surface area contributed by atoms with Gasteiger partial charge in [-0.15, -0.1) is 16.8 Å². The molecule has 0 saturated carbocycles. The highest BCUT2D eigenvalue weighted by Gasteiger charge is 2.11. The Morgan fingerprint density at radius 2 is 1.93 bits per heavy atom. The summed E-state index contributed by atoms with van der Waals surface area (Å²) < 4.78 is 0.772. The zero-order chi connectivity index (χ0) is 18.9. The van der Waals surface area contributed by atoms with E-state index in [4.69, 9.17) is 0 Å². The molecule has 0 aliphatic carbocycles. The fourth-order valence-electron chi connectivity index (χ4n) is 2.91. The van der Waals surface area contributed by atoms with Crippen molar-refractivity contribution in [3.63, 3.8) is 0 Å². The van der Waals surface area contributed by atoms with Crippen LogP contribution in [0.1, 0.15) is 25.7 Å². The third-order valence-electron chi connectivity index (χ3n) is 4.25. The van der Waals surface area contributed by atoms with Crippen molar-refractivity contribution in [2.45, 2.75) is 30.0 Å². The topological polar surface area (TPSA) is 70.1 Å². The van der Waals surface area contributed by atoms with E-state index in [9.17, 15) is 4.79 Å². The number of carbonyl (C=O) groups is 1. The summed E-state index contributed by atoms with van der Waals surface area (Å²) in [5, 5.41) is 14.9. The van der Waals surface area contributed by atoms with E-state index >= 15 is 0 Å². The van der Waals surface area contributed by atoms with Crippen LogP contribution in [0.2, 0.25) is 0 Å². The van der Waals surface area contributed by atoms with Crippen LogP contribution in [0.5, 0.6) is 0 Å². The molecule has 0 bridgehead atoms. The Balaban J connectivity index is 1.46. The molecule has 1 amide bonds. The lowest BCUT2D eigenvalue weighted by molar-refractivity contribution is -0.113. The first-order valence-electron chi connectivity index (χ1n) is 9.20. The second kappa shape index (κ2) is 10.3. The molecule has 2 aromatic rings. The van der Waals surface area contributed by atoms with Crippen molar-refractivity contribution in [1.82, 2.24) is 10.2 Å². The molecule has 1 aliphatic heterocycles. The normalized spacial score (nSPS) is 14.4. The van der Waals surface area contributed by atoms with Gasteiger partial charge in [0.2, 0.25) is 11.0 Å². The molecular weight excluding hydrogens is 378 g/mol. The van der Waals surface area contributed by atoms with Crippen LogP contribution in [-0.2, 0) is 4.79 Å². The number of anilines is 3. The standard InChI is InChI=1S/C19H25N5OS2/c1-2-11-20-18-22-23-19(27-18)26-14-17(25)21-15-7-9-16(10-8-15)24-12-5-3-4-6-13-24/h2,7-10H,1,3-6,11-14H2,(H,20,22)(H,21,25). The van der Waals surface area contributed by atoms with E-state index in [0.29, 0.717) is 12.3 Å². The molecule has 6 nitrogen and oxygen atoms in total. The summed E-state index contributed by atoms with van der Waals surface area (Å²) >= 11 is 2.83. The van der Waals surface area contributed by atoms with Crippen molar-refractivity contribution < 1.29 is 4.79 Å². The average Bonchev–Trinajstić information content (AvgIpc) is 2.96. The molecule has 1 saturated heterocycles. The zero-order valence-electron chi connectivity index (χ0n) is 15.3. The molecule has 144 valence electrons. The Labute approximate surface area is 168 Å². The van der Waals surface area contributed by atoms with Gasteiger partial charge < -0.3 is 15.5 Å². The summed E-state index contributed by atoms with van der Waals surface area (Å²) in [6, 6.07) is 8.14. The highest BCUT2D eigenvalue weighted by Crippen LogP contribution is 2.26. The SMILES string of the molecule is C=CCNc1nnc(SCC(=O)Nc2ccc(N3CCCCCC3)cc2)s1. The van der Waals surface area contributed by atoms with Crippen molar-refractivity contribution in [2.24, 2.45) is 0 Å². The van der Waals surface area contributed by atoms with Crippen molar-refractivity contribution in [2.75, 3.05) is 40.9 Å². The van der Waals surface area contributed by atoms with Crippen LogP contribution in [0.25, 0.3) is 0 Å². The number of thioether (sulfide) groups is 1. The van der Waals surface area contributed by atoms with Gasteiger partial charge in [-0.3, -0.25) is 4.79 Å². The smallest absolute Gasteiger partial charge is 0.234 e. The zero-order valence-corrected chi connectivity index (χ0v) is 17.0. The second-order valence-corrected chi connectivity index (χ2v) is 8.53. The van der Waals surface area contributed by atoms with Crippen molar-refractivity contribution in [1.29, 1.82) is 0 Å². The van der Waals surface area contributed by atoms with E-state index < -0.39 is 0 Å². The molecule has 27 heavy (non-hydrogen) atoms. The molecule has 0 unspecified atom stereocenters. The Morgan fingerprint density at radius 3 is 2.63 bits per heavy atom. The number of nitrogens with zero attached hydrogens (tertiary/aromatic N) is 3. The predicted molar refractivity (Wildman–Crippen MR) is 115 cm³/mol. The lowest BCUT2D eigenvalue weighted by atomic mass is 10.2. The van der Waals surface area contributed by atoms with E-state index in [-0.39, 0.29) is 5.91 Å². The maximum absolute atomic E-state index is 12.2. The lowest BCUT2D eigenvalue weighted by Crippen LogP contribution is -2.23. The van der Waals surface area contributed by atoms with Crippen molar-refractivity contribution >= 4 is 45.5 Å². The third-order valence-corrected chi connectivity index (χ3v) is 6.27. The van der Waals surface area contributed by atoms with Crippen molar-refractivity contribution in [3.8, 4) is 0 Å². The minimum Gasteiger partial charge on any atom is -0.372 e. The minimum atomic E-state index is -0.0432. The summed E-state index contributed by atoms with van der Waals surface area (Å²) in [6.07, 6.45) is 6.92. The molecule has 3 rings (SSSR count). The van der Waals surface area contributed by atoms with Crippen LogP contribution >= 0.6 is 23.1 Å². The Bertz CT molecular complexity index is 739. The second-order valence-electron chi connectivity index (χ2n) is 6.33. The van der Waals surface area contributed by atoms with E-state index in [1.54, 1.807) is 6.08 Å². The fourth-order valence-corrected chi connectivity index (χ4v) is 4.47. The monoisotopic (exact) mass is 403 g/mol. The van der Waals surface area contributed by atoms with Crippen LogP contribution in [0.3, 0.4) is 0 Å². The summed E-state index contributed by atoms with van der Waals surface area (Å²) in [7, 11) is 0. The van der Waals surface area contributed by atoms with Crippen LogP contribution in [0.4, 0.5) is 16.5 Å². The minimum absolute atomic E-state index is 0.0432. The summed E-state index contributed by atoms with van der Waals surface area (Å²) in [5.41, 5.74) is 2.06. The number of hydrogen-bond acceptors (Lipinski definition) is 7. The van der Waals surface area contributed by atoms with E-state index in [1.807, 2.05) is 12.1 Å². The lowest BCUT2D eigenvalue weighted by Gasteiger charge is -2.22. The molecule has 1 fully saturated rings. The Kier molecular flexibility index (Phi) is 7.53. The Hall–Kier alpha value is -2.06. The van der Waals surface area contributed by atoms with Gasteiger partial charge in [-0.25, -0.2) is 0 Å². The maximum Gasteiger partial charge on any atom is 0.234 e. The van der Waals surface area contributed by atoms with Crippen LogP contribution in [0, 0.1) is 0 Å². The third kappa shape index (κ3) is 6.25. The maximum atomic E-state index is 12.2. The van der Waals surface area contributed by atoms with Gasteiger partial charge in [-0.05, 0) is 37.1 Å². The molecule has 2 heterocycles. The van der Waals surface area contributed by atoms with Gasteiger partial charge in [-0.2, -0.15) is 0 Å². The first kappa shape index (κ1) is 19.7. The van der Waals surface area contributed by atoms with Crippen LogP contribution in [-0.4, -0.2) is 41.5 Å². The molecule has 1 aliphatic rings. The van der Waals surface area contributed by atoms with Crippen LogP contribution < -0.4 is 15.5 Å². The number of aromatic nitrogens is 2. The quantitative estimate of drug-likeness (QED) is 0.507. The van der Waals surface area contributed by atoms with Gasteiger partial charge in [-0.1, -0.05) is 42.0 Å². The molecule has 0 spiro atoms. The number of benzene rings is 1. The number of nitrogens with one attached hydrogen (secondary N) is 2. The highest BCUT2D eigenvalue weighted by molar-refractivity contribution is 8.01. The van der Waals surface area contributed by atoms with E-state index in [1.165, 1.54) is 54.5 Å². The van der Waals surface area contributed by atoms with E-state index in [2.05, 4.69) is 44.4 Å². The average molecular weight is 404 g/mol. The molecule has 1 aromatic heterocycles. The number of hydrogen-bond donors (Lipinski definition) is 2. The molecule has 8 heteroatoms. The molecule has 1 aromatic carbocycles. The molecule has 0 atom stereocenters. The van der Waals surface area contributed by atoms with Gasteiger partial charge in [0, 0.05) is 31.0 Å². The summed E-state index contributed by atoms with van der Waals surface area (Å²) in [5.74, 6) is 0.266. The fraction of sp³-hybridized carbons (Fsp3) is 0.421. The number of amides is 1. The van der Waals surface area contributed by atoms with E-state index in [0.717, 1.165) is 28.2 Å². The highest BCUT2D eigenvalue weighted by atomic mass is 32.2. The van der Waals surface area contributed by atoms with Gasteiger partial charge in [0.25, 0.3) is 0 Å². The molecular formula is C19H25N5OS2. The number of rotatable bonds is 8. The van der Waals surface area contributed by atoms with Gasteiger partial charge in [0.15, 0.2) is 4.34 Å². The molecule has 0 radical (unpaired) electrons. The van der Waals surface area contributed by atoms with Crippen molar-refractivity contribution in [3.05, 3.63) is 36.9 Å². The van der Waals surface area contributed by atoms with Gasteiger partial charge in [0.1, 0.15) is 0 Å². The Morgan fingerprint density at radius 1 is 1.19 bits per heavy atom. The van der Waals surface area contributed by atoms with Gasteiger partial charge >= 0.3 is 0 Å². The molecule has 2 N–H and O–H groups in total. The largest absolute Gasteiger partial charge is 0.372 e. The number of carbonyl (C=O) groups excluding carboxylic acids is 1. The first-order chi connectivity index (χ1) is 13.2. The predicted octanol–water partition coefficient (Wildman–Crippen LogP) is 4.25. The summed E-state index contributed by atoms with van der Waals surface area (Å²) in [6.45, 7) is 6.53. The van der Waals surface area contributed by atoms with Gasteiger partial charge in [0.05, 0.1) is 5.75 Å². The first-order valence-corrected chi connectivity index (χ1v) is 11.0. The summed E-state index contributed by atoms with van der Waals surface area (Å²) in [4.78, 5) is 14.6. The van der Waals surface area contributed by atoms with Crippen LogP contribution in [0.15, 0.2) is 41.3 Å².